The number of aliphatic hydroxyl groups excluding tert-OH is 4. The summed E-state index contributed by atoms with van der Waals surface area (Å²) in [5.74, 6) is -1.01. The molecule has 9 heteroatoms. The van der Waals surface area contributed by atoms with Crippen molar-refractivity contribution in [3.8, 4) is 5.75 Å². The molecule has 0 amide bonds. The van der Waals surface area contributed by atoms with Gasteiger partial charge in [-0.2, -0.15) is 0 Å². The van der Waals surface area contributed by atoms with Gasteiger partial charge in [0.15, 0.2) is 0 Å². The van der Waals surface area contributed by atoms with E-state index in [0.29, 0.717) is 30.2 Å². The fraction of sp³-hybridized carbons (Fsp3) is 0.520. The Labute approximate surface area is 204 Å². The van der Waals surface area contributed by atoms with E-state index < -0.39 is 36.8 Å². The second-order valence-corrected chi connectivity index (χ2v) is 8.77. The Bertz CT molecular complexity index is 931. The third kappa shape index (κ3) is 5.24. The SMILES string of the molecule is C.COC1(c2ccc(Cl)c(Cc3ccc(O[C@@H]4CCOC4)cc3)c2)O[C@H](CO)[C@@H](O)[C@H](O)[C@H]1O. The van der Waals surface area contributed by atoms with Crippen LogP contribution in [0.15, 0.2) is 42.5 Å². The van der Waals surface area contributed by atoms with Crippen LogP contribution in [0.4, 0.5) is 0 Å². The summed E-state index contributed by atoms with van der Waals surface area (Å²) in [6.07, 6.45) is -4.33. The Balaban J connectivity index is 0.00000324. The average Bonchev–Trinajstić information content (AvgIpc) is 3.34. The lowest BCUT2D eigenvalue weighted by atomic mass is 9.87. The van der Waals surface area contributed by atoms with Gasteiger partial charge in [0.25, 0.3) is 0 Å². The van der Waals surface area contributed by atoms with Crippen LogP contribution in [0.2, 0.25) is 5.02 Å². The van der Waals surface area contributed by atoms with Gasteiger partial charge in [0.1, 0.15) is 36.3 Å². The molecule has 2 aromatic rings. The number of aliphatic hydroxyl groups is 4. The Kier molecular flexibility index (Phi) is 8.94. The molecule has 6 atom stereocenters. The zero-order chi connectivity index (χ0) is 23.6. The first kappa shape index (κ1) is 26.8. The van der Waals surface area contributed by atoms with E-state index in [1.54, 1.807) is 18.2 Å². The molecule has 1 unspecified atom stereocenters. The van der Waals surface area contributed by atoms with Gasteiger partial charge in [-0.1, -0.05) is 37.2 Å². The van der Waals surface area contributed by atoms with Gasteiger partial charge in [-0.3, -0.25) is 0 Å². The average molecular weight is 497 g/mol. The highest BCUT2D eigenvalue weighted by atomic mass is 35.5. The number of halogens is 1. The first-order valence-electron chi connectivity index (χ1n) is 10.9. The van der Waals surface area contributed by atoms with Crippen LogP contribution in [0, 0.1) is 0 Å². The number of hydrogen-bond donors (Lipinski definition) is 4. The number of rotatable bonds is 7. The first-order chi connectivity index (χ1) is 15.9. The number of methoxy groups -OCH3 is 1. The van der Waals surface area contributed by atoms with Crippen LogP contribution in [0.25, 0.3) is 0 Å². The minimum Gasteiger partial charge on any atom is -0.488 e. The van der Waals surface area contributed by atoms with Crippen molar-refractivity contribution in [2.24, 2.45) is 0 Å². The van der Waals surface area contributed by atoms with E-state index in [-0.39, 0.29) is 13.5 Å². The monoisotopic (exact) mass is 496 g/mol. The van der Waals surface area contributed by atoms with Crippen molar-refractivity contribution in [3.05, 3.63) is 64.2 Å². The highest BCUT2D eigenvalue weighted by Crippen LogP contribution is 2.40. The van der Waals surface area contributed by atoms with Crippen LogP contribution in [-0.4, -0.2) is 77.9 Å². The molecule has 0 aliphatic carbocycles. The summed E-state index contributed by atoms with van der Waals surface area (Å²) in [4.78, 5) is 0. The lowest BCUT2D eigenvalue weighted by molar-refractivity contribution is -0.366. The third-order valence-electron chi connectivity index (χ3n) is 6.21. The summed E-state index contributed by atoms with van der Waals surface area (Å²) < 4.78 is 22.5. The molecule has 0 aromatic heterocycles. The molecule has 2 fully saturated rings. The fourth-order valence-corrected chi connectivity index (χ4v) is 4.48. The number of ether oxygens (including phenoxy) is 4. The van der Waals surface area contributed by atoms with E-state index in [0.717, 1.165) is 23.3 Å². The number of benzene rings is 2. The van der Waals surface area contributed by atoms with Crippen molar-refractivity contribution in [2.75, 3.05) is 26.9 Å². The fourth-order valence-electron chi connectivity index (χ4n) is 4.30. The predicted molar refractivity (Wildman–Crippen MR) is 126 cm³/mol. The maximum atomic E-state index is 10.7. The van der Waals surface area contributed by atoms with Crippen LogP contribution in [0.3, 0.4) is 0 Å². The maximum absolute atomic E-state index is 10.7. The standard InChI is InChI=1S/C24H29ClO8.CH4/c1-30-24(23(29)22(28)21(27)20(12-26)33-24)16-4-7-19(25)15(11-16)10-14-2-5-17(6-3-14)32-18-8-9-31-13-18;/h2-7,11,18,20-23,26-29H,8-10,12-13H2,1H3;1H4/t18-,20-,21-,22+,23-,24?;/m1./s1. The molecular weight excluding hydrogens is 464 g/mol. The van der Waals surface area contributed by atoms with Crippen LogP contribution in [0.5, 0.6) is 5.75 Å². The molecule has 0 saturated carbocycles. The van der Waals surface area contributed by atoms with Crippen molar-refractivity contribution in [3.63, 3.8) is 0 Å². The quantitative estimate of drug-likeness (QED) is 0.460. The van der Waals surface area contributed by atoms with Crippen LogP contribution in [-0.2, 0) is 26.4 Å². The Morgan fingerprint density at radius 3 is 2.44 bits per heavy atom. The van der Waals surface area contributed by atoms with Gasteiger partial charge in [0.2, 0.25) is 5.79 Å². The molecule has 2 aliphatic rings. The van der Waals surface area contributed by atoms with Gasteiger partial charge >= 0.3 is 0 Å². The molecule has 2 aromatic carbocycles. The summed E-state index contributed by atoms with van der Waals surface area (Å²) in [5, 5.41) is 41.3. The van der Waals surface area contributed by atoms with E-state index >= 15 is 0 Å². The Morgan fingerprint density at radius 1 is 1.09 bits per heavy atom. The maximum Gasteiger partial charge on any atom is 0.224 e. The molecule has 4 N–H and O–H groups in total. The molecule has 2 heterocycles. The van der Waals surface area contributed by atoms with E-state index in [9.17, 15) is 20.4 Å². The predicted octanol–water partition coefficient (Wildman–Crippen LogP) is 2.01. The Hall–Kier alpha value is -1.75. The second-order valence-electron chi connectivity index (χ2n) is 8.37. The van der Waals surface area contributed by atoms with Crippen LogP contribution in [0.1, 0.15) is 30.5 Å². The van der Waals surface area contributed by atoms with Crippen LogP contribution >= 0.6 is 11.6 Å². The zero-order valence-electron chi connectivity index (χ0n) is 18.3. The van der Waals surface area contributed by atoms with Gasteiger partial charge in [-0.05, 0) is 41.8 Å². The summed E-state index contributed by atoms with van der Waals surface area (Å²) in [6, 6.07) is 12.7. The highest BCUT2D eigenvalue weighted by molar-refractivity contribution is 6.31. The van der Waals surface area contributed by atoms with E-state index in [2.05, 4.69) is 0 Å². The molecule has 2 aliphatic heterocycles. The zero-order valence-corrected chi connectivity index (χ0v) is 19.0. The summed E-state index contributed by atoms with van der Waals surface area (Å²) in [7, 11) is 1.32. The van der Waals surface area contributed by atoms with Gasteiger partial charge < -0.3 is 39.4 Å². The molecule has 0 radical (unpaired) electrons. The lowest BCUT2D eigenvalue weighted by Gasteiger charge is -2.47. The lowest BCUT2D eigenvalue weighted by Crippen LogP contribution is -2.64. The van der Waals surface area contributed by atoms with Gasteiger partial charge in [0.05, 0.1) is 19.8 Å². The van der Waals surface area contributed by atoms with Crippen LogP contribution < -0.4 is 4.74 Å². The minimum atomic E-state index is -1.79. The smallest absolute Gasteiger partial charge is 0.224 e. The van der Waals surface area contributed by atoms with E-state index in [1.165, 1.54) is 7.11 Å². The topological polar surface area (TPSA) is 118 Å². The largest absolute Gasteiger partial charge is 0.488 e. The third-order valence-corrected chi connectivity index (χ3v) is 6.58. The van der Waals surface area contributed by atoms with Crippen molar-refractivity contribution >= 4 is 11.6 Å². The molecule has 8 nitrogen and oxygen atoms in total. The summed E-state index contributed by atoms with van der Waals surface area (Å²) in [6.45, 7) is 0.758. The molecule has 0 bridgehead atoms. The normalized spacial score (nSPS) is 31.2. The van der Waals surface area contributed by atoms with Crippen molar-refractivity contribution in [2.45, 2.75) is 56.6 Å². The van der Waals surface area contributed by atoms with Gasteiger partial charge in [-0.15, -0.1) is 0 Å². The molecule has 34 heavy (non-hydrogen) atoms. The highest BCUT2D eigenvalue weighted by Gasteiger charge is 2.55. The summed E-state index contributed by atoms with van der Waals surface area (Å²) >= 11 is 6.45. The van der Waals surface area contributed by atoms with Crippen molar-refractivity contribution in [1.82, 2.24) is 0 Å². The van der Waals surface area contributed by atoms with Crippen molar-refractivity contribution in [1.29, 1.82) is 0 Å². The van der Waals surface area contributed by atoms with E-state index in [4.69, 9.17) is 30.5 Å². The number of hydrogen-bond acceptors (Lipinski definition) is 8. The Morgan fingerprint density at radius 2 is 1.82 bits per heavy atom. The summed E-state index contributed by atoms with van der Waals surface area (Å²) in [5.41, 5.74) is 2.15. The molecule has 0 spiro atoms. The second kappa shape index (κ2) is 11.3. The van der Waals surface area contributed by atoms with Gasteiger partial charge in [-0.25, -0.2) is 0 Å². The van der Waals surface area contributed by atoms with Gasteiger partial charge in [0, 0.05) is 24.1 Å². The molecule has 4 rings (SSSR count). The molecular formula is C25H33ClO8. The molecule has 188 valence electrons. The van der Waals surface area contributed by atoms with Crippen molar-refractivity contribution < 1.29 is 39.4 Å². The minimum absolute atomic E-state index is 0. The van der Waals surface area contributed by atoms with E-state index in [1.807, 2.05) is 24.3 Å². The molecule has 2 saturated heterocycles. The first-order valence-corrected chi connectivity index (χ1v) is 11.3.